The van der Waals surface area contributed by atoms with E-state index in [1.165, 1.54) is 11.8 Å². The second-order valence-corrected chi connectivity index (χ2v) is 6.98. The first-order valence-corrected chi connectivity index (χ1v) is 9.37. The molecule has 2 aromatic rings. The van der Waals surface area contributed by atoms with Gasteiger partial charge in [0.15, 0.2) is 0 Å². The Bertz CT molecular complexity index is 739. The maximum Gasteiger partial charge on any atom is 0.234 e. The molecule has 0 fully saturated rings. The van der Waals surface area contributed by atoms with E-state index in [1.54, 1.807) is 0 Å². The largest absolute Gasteiger partial charge is 0.326 e. The van der Waals surface area contributed by atoms with Crippen molar-refractivity contribution in [1.29, 1.82) is 0 Å². The summed E-state index contributed by atoms with van der Waals surface area (Å²) in [6.45, 7) is 5.94. The number of benzene rings is 2. The van der Waals surface area contributed by atoms with Gasteiger partial charge in [-0.2, -0.15) is 0 Å². The summed E-state index contributed by atoms with van der Waals surface area (Å²) in [4.78, 5) is 24.9. The Morgan fingerprint density at radius 2 is 1.64 bits per heavy atom. The number of para-hydroxylation sites is 1. The molecule has 0 aliphatic rings. The van der Waals surface area contributed by atoms with Gasteiger partial charge in [0.25, 0.3) is 0 Å². The number of nitrogens with one attached hydrogen (secondary N) is 2. The van der Waals surface area contributed by atoms with Crippen molar-refractivity contribution in [2.45, 2.75) is 38.5 Å². The summed E-state index contributed by atoms with van der Waals surface area (Å²) in [7, 11) is 0. The number of rotatable bonds is 7. The number of hydrogen-bond donors (Lipinski definition) is 2. The summed E-state index contributed by atoms with van der Waals surface area (Å²) < 4.78 is 0. The first kappa shape index (κ1) is 19.1. The molecular formula is C20H24N2O2S. The molecule has 0 radical (unpaired) electrons. The van der Waals surface area contributed by atoms with Gasteiger partial charge in [-0.05, 0) is 49.6 Å². The SMILES string of the molecule is CCCC(=O)Nc1cccc(SCC(=O)Nc2c(C)cccc2C)c1. The van der Waals surface area contributed by atoms with Gasteiger partial charge in [-0.15, -0.1) is 11.8 Å². The van der Waals surface area contributed by atoms with Crippen LogP contribution in [0.25, 0.3) is 0 Å². The van der Waals surface area contributed by atoms with E-state index in [0.29, 0.717) is 12.2 Å². The Labute approximate surface area is 153 Å². The van der Waals surface area contributed by atoms with Gasteiger partial charge in [-0.1, -0.05) is 31.2 Å². The quantitative estimate of drug-likeness (QED) is 0.702. The number of amides is 2. The second kappa shape index (κ2) is 9.28. The minimum absolute atomic E-state index is 0.0115. The first-order valence-electron chi connectivity index (χ1n) is 8.38. The summed E-state index contributed by atoms with van der Waals surface area (Å²) in [6, 6.07) is 13.5. The van der Waals surface area contributed by atoms with E-state index in [0.717, 1.165) is 33.8 Å². The lowest BCUT2D eigenvalue weighted by atomic mass is 10.1. The normalized spacial score (nSPS) is 10.4. The lowest BCUT2D eigenvalue weighted by molar-refractivity contribution is -0.116. The van der Waals surface area contributed by atoms with E-state index in [9.17, 15) is 9.59 Å². The molecule has 132 valence electrons. The van der Waals surface area contributed by atoms with Crippen molar-refractivity contribution < 1.29 is 9.59 Å². The fourth-order valence-corrected chi connectivity index (χ4v) is 3.21. The lowest BCUT2D eigenvalue weighted by Gasteiger charge is -2.11. The van der Waals surface area contributed by atoms with E-state index in [1.807, 2.05) is 63.2 Å². The molecule has 0 aromatic heterocycles. The van der Waals surface area contributed by atoms with E-state index in [4.69, 9.17) is 0 Å². The van der Waals surface area contributed by atoms with E-state index >= 15 is 0 Å². The molecule has 0 heterocycles. The van der Waals surface area contributed by atoms with Crippen LogP contribution in [-0.2, 0) is 9.59 Å². The Hall–Kier alpha value is -2.27. The first-order chi connectivity index (χ1) is 12.0. The Morgan fingerprint density at radius 3 is 2.32 bits per heavy atom. The molecule has 0 aliphatic carbocycles. The highest BCUT2D eigenvalue weighted by Crippen LogP contribution is 2.23. The minimum Gasteiger partial charge on any atom is -0.326 e. The van der Waals surface area contributed by atoms with Gasteiger partial charge < -0.3 is 10.6 Å². The molecule has 0 atom stereocenters. The van der Waals surface area contributed by atoms with Gasteiger partial charge in [-0.25, -0.2) is 0 Å². The van der Waals surface area contributed by atoms with Crippen LogP contribution in [0.4, 0.5) is 11.4 Å². The molecule has 4 nitrogen and oxygen atoms in total. The summed E-state index contributed by atoms with van der Waals surface area (Å²) in [5, 5.41) is 5.86. The van der Waals surface area contributed by atoms with Gasteiger partial charge in [0.2, 0.25) is 11.8 Å². The van der Waals surface area contributed by atoms with Crippen LogP contribution >= 0.6 is 11.8 Å². The number of carbonyl (C=O) groups is 2. The average Bonchev–Trinajstić information content (AvgIpc) is 2.57. The highest BCUT2D eigenvalue weighted by atomic mass is 32.2. The molecule has 0 saturated heterocycles. The van der Waals surface area contributed by atoms with Crippen LogP contribution in [0.2, 0.25) is 0 Å². The Balaban J connectivity index is 1.92. The third kappa shape index (κ3) is 5.94. The fraction of sp³-hybridized carbons (Fsp3) is 0.300. The molecule has 2 rings (SSSR count). The second-order valence-electron chi connectivity index (χ2n) is 5.93. The Morgan fingerprint density at radius 1 is 0.960 bits per heavy atom. The molecule has 5 heteroatoms. The van der Waals surface area contributed by atoms with Gasteiger partial charge in [0, 0.05) is 22.7 Å². The number of hydrogen-bond acceptors (Lipinski definition) is 3. The Kier molecular flexibility index (Phi) is 7.07. The average molecular weight is 356 g/mol. The number of anilines is 2. The molecule has 25 heavy (non-hydrogen) atoms. The minimum atomic E-state index is -0.0391. The van der Waals surface area contributed by atoms with Crippen molar-refractivity contribution in [2.24, 2.45) is 0 Å². The summed E-state index contributed by atoms with van der Waals surface area (Å²) in [5.41, 5.74) is 3.75. The predicted octanol–water partition coefficient (Wildman–Crippen LogP) is 4.77. The molecule has 0 aliphatic heterocycles. The van der Waals surface area contributed by atoms with Crippen molar-refractivity contribution in [1.82, 2.24) is 0 Å². The van der Waals surface area contributed by atoms with Crippen molar-refractivity contribution in [3.8, 4) is 0 Å². The predicted molar refractivity (Wildman–Crippen MR) is 105 cm³/mol. The summed E-state index contributed by atoms with van der Waals surface area (Å²) in [6.07, 6.45) is 1.33. The van der Waals surface area contributed by atoms with Crippen LogP contribution in [0.3, 0.4) is 0 Å². The summed E-state index contributed by atoms with van der Waals surface area (Å²) in [5.74, 6) is 0.292. The van der Waals surface area contributed by atoms with Crippen molar-refractivity contribution in [3.63, 3.8) is 0 Å². The lowest BCUT2D eigenvalue weighted by Crippen LogP contribution is -2.15. The van der Waals surface area contributed by atoms with Gasteiger partial charge >= 0.3 is 0 Å². The van der Waals surface area contributed by atoms with Gasteiger partial charge in [0.05, 0.1) is 5.75 Å². The number of aryl methyl sites for hydroxylation is 2. The molecule has 2 aromatic carbocycles. The smallest absolute Gasteiger partial charge is 0.234 e. The number of thioether (sulfide) groups is 1. The van der Waals surface area contributed by atoms with Crippen LogP contribution in [-0.4, -0.2) is 17.6 Å². The van der Waals surface area contributed by atoms with Crippen LogP contribution in [0.5, 0.6) is 0 Å². The highest BCUT2D eigenvalue weighted by Gasteiger charge is 2.08. The standard InChI is InChI=1S/C20H24N2O2S/c1-4-7-18(23)21-16-10-6-11-17(12-16)25-13-19(24)22-20-14(2)8-5-9-15(20)3/h5-6,8-12H,4,7,13H2,1-3H3,(H,21,23)(H,22,24). The molecule has 0 unspecified atom stereocenters. The van der Waals surface area contributed by atoms with Crippen molar-refractivity contribution in [3.05, 3.63) is 53.6 Å². The fourth-order valence-electron chi connectivity index (χ4n) is 2.45. The maximum atomic E-state index is 12.2. The maximum absolute atomic E-state index is 12.2. The van der Waals surface area contributed by atoms with Gasteiger partial charge in [0.1, 0.15) is 0 Å². The summed E-state index contributed by atoms with van der Waals surface area (Å²) >= 11 is 1.45. The molecule has 0 bridgehead atoms. The molecule has 0 spiro atoms. The monoisotopic (exact) mass is 356 g/mol. The molecular weight excluding hydrogens is 332 g/mol. The third-order valence-corrected chi connectivity index (χ3v) is 4.70. The van der Waals surface area contributed by atoms with E-state index < -0.39 is 0 Å². The van der Waals surface area contributed by atoms with Gasteiger partial charge in [-0.3, -0.25) is 9.59 Å². The van der Waals surface area contributed by atoms with Crippen molar-refractivity contribution in [2.75, 3.05) is 16.4 Å². The zero-order valence-electron chi connectivity index (χ0n) is 14.9. The third-order valence-electron chi connectivity index (χ3n) is 3.71. The van der Waals surface area contributed by atoms with Crippen LogP contribution in [0.15, 0.2) is 47.4 Å². The molecule has 2 N–H and O–H groups in total. The zero-order chi connectivity index (χ0) is 18.2. The molecule has 0 saturated carbocycles. The topological polar surface area (TPSA) is 58.2 Å². The van der Waals surface area contributed by atoms with Crippen LogP contribution in [0, 0.1) is 13.8 Å². The number of carbonyl (C=O) groups excluding carboxylic acids is 2. The highest BCUT2D eigenvalue weighted by molar-refractivity contribution is 8.00. The van der Waals surface area contributed by atoms with Crippen LogP contribution in [0.1, 0.15) is 30.9 Å². The van der Waals surface area contributed by atoms with Crippen molar-refractivity contribution >= 4 is 35.0 Å². The van der Waals surface area contributed by atoms with E-state index in [-0.39, 0.29) is 11.8 Å². The van der Waals surface area contributed by atoms with Crippen LogP contribution < -0.4 is 10.6 Å². The molecule has 2 amide bonds. The zero-order valence-corrected chi connectivity index (χ0v) is 15.7. The van der Waals surface area contributed by atoms with E-state index in [2.05, 4.69) is 10.6 Å².